The summed E-state index contributed by atoms with van der Waals surface area (Å²) in [5, 5.41) is 38.1. The summed E-state index contributed by atoms with van der Waals surface area (Å²) in [6.07, 6.45) is -4.54. The smallest absolute Gasteiger partial charge is 0.335 e. The number of fused-ring (bicyclic) bond motifs is 1. The molecular weight excluding hydrogens is 394 g/mol. The predicted octanol–water partition coefficient (Wildman–Crippen LogP) is 0.636. The minimum absolute atomic E-state index is 0.180. The Morgan fingerprint density at radius 2 is 2.04 bits per heavy atom. The number of ether oxygens (including phenoxy) is 2. The van der Waals surface area contributed by atoms with Crippen LogP contribution < -0.4 is 4.74 Å². The van der Waals surface area contributed by atoms with E-state index in [1.165, 1.54) is 0 Å². The summed E-state index contributed by atoms with van der Waals surface area (Å²) in [5.41, 5.74) is 0.774. The van der Waals surface area contributed by atoms with Gasteiger partial charge in [-0.05, 0) is 33.6 Å². The Labute approximate surface area is 144 Å². The topological polar surface area (TPSA) is 115 Å². The quantitative estimate of drug-likeness (QED) is 0.476. The first-order valence-electron chi connectivity index (χ1n) is 6.80. The molecule has 0 bridgehead atoms. The van der Waals surface area contributed by atoms with E-state index in [1.807, 2.05) is 24.3 Å². The second kappa shape index (κ2) is 5.89. The van der Waals surface area contributed by atoms with Crippen molar-refractivity contribution in [2.45, 2.75) is 28.1 Å². The van der Waals surface area contributed by atoms with E-state index in [0.717, 1.165) is 10.9 Å². The predicted molar refractivity (Wildman–Crippen MR) is 85.4 cm³/mol. The molecule has 1 aliphatic rings. The third kappa shape index (κ3) is 2.74. The molecule has 5 N–H and O–H groups in total. The molecule has 0 spiro atoms. The number of aromatic nitrogens is 1. The van der Waals surface area contributed by atoms with Crippen LogP contribution >= 0.6 is 27.5 Å². The molecule has 0 amide bonds. The number of aromatic amines is 1. The maximum atomic E-state index is 10.4. The molecule has 0 unspecified atom stereocenters. The van der Waals surface area contributed by atoms with Crippen molar-refractivity contribution >= 4 is 38.4 Å². The molecule has 0 radical (unpaired) electrons. The van der Waals surface area contributed by atoms with E-state index >= 15 is 0 Å². The van der Waals surface area contributed by atoms with Crippen molar-refractivity contribution in [3.8, 4) is 5.88 Å². The van der Waals surface area contributed by atoms with Gasteiger partial charge >= 0.3 is 5.25 Å². The minimum Gasteiger partial charge on any atom is -0.429 e. The van der Waals surface area contributed by atoms with Crippen LogP contribution in [0.4, 0.5) is 0 Å². The summed E-state index contributed by atoms with van der Waals surface area (Å²) in [6, 6.07) is 8.98. The molecule has 126 valence electrons. The molecule has 1 aromatic heterocycles. The molecule has 0 aliphatic carbocycles. The molecule has 1 saturated heterocycles. The first kappa shape index (κ1) is 17.0. The zero-order valence-corrected chi connectivity index (χ0v) is 14.0. The number of alkyl halides is 2. The maximum absolute atomic E-state index is 10.4. The van der Waals surface area contributed by atoms with E-state index in [1.54, 1.807) is 6.07 Å². The van der Waals surface area contributed by atoms with Gasteiger partial charge in [-0.3, -0.25) is 0 Å². The number of H-pyrrole nitrogens is 1. The first-order chi connectivity index (χ1) is 10.8. The molecule has 9 heteroatoms. The van der Waals surface area contributed by atoms with Gasteiger partial charge < -0.3 is 34.9 Å². The van der Waals surface area contributed by atoms with Crippen molar-refractivity contribution in [1.29, 1.82) is 0 Å². The van der Waals surface area contributed by atoms with Crippen molar-refractivity contribution in [1.82, 2.24) is 4.98 Å². The minimum atomic E-state index is -2.32. The monoisotopic (exact) mass is 407 g/mol. The van der Waals surface area contributed by atoms with Crippen molar-refractivity contribution in [2.24, 2.45) is 0 Å². The lowest BCUT2D eigenvalue weighted by Gasteiger charge is -2.48. The second-order valence-electron chi connectivity index (χ2n) is 5.31. The summed E-state index contributed by atoms with van der Waals surface area (Å²) in [5.74, 6) is 0.180. The van der Waals surface area contributed by atoms with Gasteiger partial charge in [-0.15, -0.1) is 0 Å². The molecule has 2 heterocycles. The molecule has 2 aromatic rings. The van der Waals surface area contributed by atoms with Gasteiger partial charge in [0.05, 0.1) is 6.61 Å². The molecule has 0 saturated carbocycles. The van der Waals surface area contributed by atoms with Crippen molar-refractivity contribution in [3.05, 3.63) is 30.3 Å². The van der Waals surface area contributed by atoms with E-state index in [2.05, 4.69) is 20.9 Å². The van der Waals surface area contributed by atoms with Gasteiger partial charge in [-0.25, -0.2) is 0 Å². The normalized spacial score (nSPS) is 37.9. The number of hydrogen-bond acceptors (Lipinski definition) is 6. The van der Waals surface area contributed by atoms with Crippen LogP contribution in [0.25, 0.3) is 10.9 Å². The summed E-state index contributed by atoms with van der Waals surface area (Å²) in [7, 11) is 0. The van der Waals surface area contributed by atoms with Crippen LogP contribution in [-0.4, -0.2) is 60.1 Å². The Balaban J connectivity index is 1.94. The lowest BCUT2D eigenvalue weighted by Crippen LogP contribution is -2.70. The van der Waals surface area contributed by atoms with Crippen LogP contribution in [0.3, 0.4) is 0 Å². The molecule has 3 rings (SSSR count). The summed E-state index contributed by atoms with van der Waals surface area (Å²) >= 11 is 9.07. The lowest BCUT2D eigenvalue weighted by atomic mass is 9.99. The zero-order valence-electron chi connectivity index (χ0n) is 11.7. The number of nitrogens with one attached hydrogen (secondary N) is 1. The molecule has 7 nitrogen and oxygen atoms in total. The fourth-order valence-electron chi connectivity index (χ4n) is 2.44. The van der Waals surface area contributed by atoms with E-state index in [-0.39, 0.29) is 5.88 Å². The van der Waals surface area contributed by atoms with Crippen molar-refractivity contribution in [3.63, 3.8) is 0 Å². The van der Waals surface area contributed by atoms with Gasteiger partial charge in [-0.2, -0.15) is 0 Å². The van der Waals surface area contributed by atoms with Gasteiger partial charge in [0.25, 0.3) is 0 Å². The lowest BCUT2D eigenvalue weighted by molar-refractivity contribution is -0.310. The number of benzene rings is 1. The van der Waals surface area contributed by atoms with Gasteiger partial charge in [0, 0.05) is 17.0 Å². The molecule has 1 fully saturated rings. The fraction of sp³-hybridized carbons (Fsp3) is 0.429. The Kier molecular flexibility index (Phi) is 4.35. The van der Waals surface area contributed by atoms with Gasteiger partial charge in [0.1, 0.15) is 18.3 Å². The molecule has 23 heavy (non-hydrogen) atoms. The average molecular weight is 409 g/mol. The van der Waals surface area contributed by atoms with Gasteiger partial charge in [0.15, 0.2) is 5.88 Å². The molecule has 5 atom stereocenters. The standard InChI is InChI=1S/C14H15BrClNO6/c15-13(21)12(20)11(19)9(6-18)22-14(13,16)23-10-5-7-3-1-2-4-8(7)17-10/h1-5,9,11-12,17-21H,6H2/t9-,11+,12+,13-,14-/m1/s1. The van der Waals surface area contributed by atoms with Crippen LogP contribution in [-0.2, 0) is 4.74 Å². The number of para-hydroxylation sites is 1. The Morgan fingerprint density at radius 3 is 2.70 bits per heavy atom. The van der Waals surface area contributed by atoms with Crippen LogP contribution in [0.2, 0.25) is 0 Å². The summed E-state index contributed by atoms with van der Waals surface area (Å²) < 4.78 is 8.47. The fourth-order valence-corrected chi connectivity index (χ4v) is 3.19. The highest BCUT2D eigenvalue weighted by Gasteiger charge is 2.65. The molecular formula is C14H15BrClNO6. The van der Waals surface area contributed by atoms with Crippen molar-refractivity contribution < 1.29 is 29.9 Å². The van der Waals surface area contributed by atoms with Crippen LogP contribution in [0.15, 0.2) is 30.3 Å². The van der Waals surface area contributed by atoms with Crippen molar-refractivity contribution in [2.75, 3.05) is 6.61 Å². The van der Waals surface area contributed by atoms with E-state index in [4.69, 9.17) is 21.1 Å². The Bertz CT molecular complexity index is 676. The largest absolute Gasteiger partial charge is 0.429 e. The molecule has 1 aliphatic heterocycles. The van der Waals surface area contributed by atoms with Gasteiger partial charge in [0.2, 0.25) is 4.51 Å². The SMILES string of the molecule is OC[C@H]1O[C@@](Cl)(Oc2cc3ccccc3[nH]2)[C@@](O)(Br)[C@@H](O)[C@H]1O. The summed E-state index contributed by atoms with van der Waals surface area (Å²) in [6.45, 7) is -0.619. The van der Waals surface area contributed by atoms with E-state index in [0.29, 0.717) is 0 Å². The number of aliphatic hydroxyl groups is 4. The molecule has 1 aromatic carbocycles. The second-order valence-corrected chi connectivity index (χ2v) is 7.01. The zero-order chi connectivity index (χ0) is 16.8. The number of aliphatic hydroxyl groups excluding tert-OH is 3. The maximum Gasteiger partial charge on any atom is 0.335 e. The number of halogens is 2. The van der Waals surface area contributed by atoms with Crippen LogP contribution in [0.1, 0.15) is 0 Å². The van der Waals surface area contributed by atoms with Crippen LogP contribution in [0, 0.1) is 0 Å². The summed E-state index contributed by atoms with van der Waals surface area (Å²) in [4.78, 5) is 2.94. The Hall–Kier alpha value is -0.870. The number of hydrogen-bond donors (Lipinski definition) is 5. The highest BCUT2D eigenvalue weighted by molar-refractivity contribution is 9.10. The van der Waals surface area contributed by atoms with E-state index < -0.39 is 34.7 Å². The highest BCUT2D eigenvalue weighted by Crippen LogP contribution is 2.46. The highest BCUT2D eigenvalue weighted by atomic mass is 79.9. The first-order valence-corrected chi connectivity index (χ1v) is 7.97. The average Bonchev–Trinajstić information content (AvgIpc) is 2.91. The third-order valence-electron chi connectivity index (χ3n) is 3.74. The van der Waals surface area contributed by atoms with Crippen LogP contribution in [0.5, 0.6) is 5.88 Å². The van der Waals surface area contributed by atoms with E-state index in [9.17, 15) is 20.4 Å². The van der Waals surface area contributed by atoms with Gasteiger partial charge in [-0.1, -0.05) is 18.2 Å². The third-order valence-corrected chi connectivity index (χ3v) is 5.42. The Morgan fingerprint density at radius 1 is 1.35 bits per heavy atom. The number of rotatable bonds is 3.